The quantitative estimate of drug-likeness (QED) is 0.638. The lowest BCUT2D eigenvalue weighted by Crippen LogP contribution is -2.82. The number of fused-ring (bicyclic) bond motifs is 2. The summed E-state index contributed by atoms with van der Waals surface area (Å²) in [5, 5.41) is 0.419. The number of rotatable bonds is 2. The standard InChI is InChI=1S/C24H25ClN2O4/c1-6-23(15-10-8-7-9-11-15)19(28)27(21(30)31-22(2,3)4)24(23)17-14-16(25)12-13-18(17)26(5)20(24)29/h7-14H,6H2,1-5H3/t23-,24-/m1/s1. The van der Waals surface area contributed by atoms with E-state index in [1.807, 2.05) is 37.3 Å². The lowest BCUT2D eigenvalue weighted by Gasteiger charge is -2.60. The fourth-order valence-electron chi connectivity index (χ4n) is 5.02. The highest BCUT2D eigenvalue weighted by Gasteiger charge is 2.80. The second-order valence-corrected chi connectivity index (χ2v) is 9.42. The zero-order valence-electron chi connectivity index (χ0n) is 18.2. The van der Waals surface area contributed by atoms with E-state index >= 15 is 0 Å². The molecule has 0 saturated carbocycles. The number of ether oxygens (including phenoxy) is 1. The summed E-state index contributed by atoms with van der Waals surface area (Å²) < 4.78 is 5.56. The Morgan fingerprint density at radius 1 is 1.06 bits per heavy atom. The van der Waals surface area contributed by atoms with Gasteiger partial charge in [-0.2, -0.15) is 0 Å². The number of hydrogen-bond acceptors (Lipinski definition) is 4. The molecule has 0 aliphatic carbocycles. The zero-order valence-corrected chi connectivity index (χ0v) is 19.0. The summed E-state index contributed by atoms with van der Waals surface area (Å²) in [6.45, 7) is 7.02. The van der Waals surface area contributed by atoms with Crippen molar-refractivity contribution in [1.82, 2.24) is 4.90 Å². The minimum Gasteiger partial charge on any atom is -0.443 e. The Kier molecular flexibility index (Phi) is 4.70. The molecule has 0 aromatic heterocycles. The van der Waals surface area contributed by atoms with Crippen LogP contribution in [-0.2, 0) is 25.3 Å². The van der Waals surface area contributed by atoms with Gasteiger partial charge in [0.2, 0.25) is 5.91 Å². The first-order valence-electron chi connectivity index (χ1n) is 10.2. The molecule has 2 heterocycles. The molecule has 3 amide bonds. The first-order chi connectivity index (χ1) is 14.5. The maximum atomic E-state index is 13.9. The van der Waals surface area contributed by atoms with E-state index in [0.29, 0.717) is 28.3 Å². The second kappa shape index (κ2) is 6.82. The van der Waals surface area contributed by atoms with Crippen LogP contribution < -0.4 is 4.90 Å². The van der Waals surface area contributed by atoms with Crippen LogP contribution in [0.5, 0.6) is 0 Å². The van der Waals surface area contributed by atoms with E-state index in [-0.39, 0.29) is 5.91 Å². The lowest BCUT2D eigenvalue weighted by atomic mass is 9.53. The van der Waals surface area contributed by atoms with E-state index < -0.39 is 28.6 Å². The van der Waals surface area contributed by atoms with E-state index in [4.69, 9.17) is 16.3 Å². The third kappa shape index (κ3) is 2.61. The van der Waals surface area contributed by atoms with Gasteiger partial charge in [-0.3, -0.25) is 9.59 Å². The van der Waals surface area contributed by atoms with Gasteiger partial charge >= 0.3 is 6.09 Å². The van der Waals surface area contributed by atoms with Gasteiger partial charge in [0.1, 0.15) is 11.0 Å². The molecule has 0 radical (unpaired) electrons. The molecule has 2 aliphatic heterocycles. The van der Waals surface area contributed by atoms with Crippen molar-refractivity contribution in [3.63, 3.8) is 0 Å². The molecule has 0 bridgehead atoms. The van der Waals surface area contributed by atoms with E-state index in [2.05, 4.69) is 0 Å². The van der Waals surface area contributed by atoms with Crippen LogP contribution >= 0.6 is 11.6 Å². The number of imide groups is 1. The Morgan fingerprint density at radius 2 is 1.71 bits per heavy atom. The van der Waals surface area contributed by atoms with Gasteiger partial charge < -0.3 is 9.64 Å². The molecule has 0 unspecified atom stereocenters. The molecule has 162 valence electrons. The van der Waals surface area contributed by atoms with Gasteiger partial charge in [0.25, 0.3) is 5.91 Å². The third-order valence-corrected chi connectivity index (χ3v) is 6.45. The van der Waals surface area contributed by atoms with Gasteiger partial charge in [-0.1, -0.05) is 48.9 Å². The summed E-state index contributed by atoms with van der Waals surface area (Å²) in [5.74, 6) is -0.814. The number of carbonyl (C=O) groups is 3. The first-order valence-corrected chi connectivity index (χ1v) is 10.6. The zero-order chi connectivity index (χ0) is 22.8. The van der Waals surface area contributed by atoms with Crippen molar-refractivity contribution in [3.05, 3.63) is 64.7 Å². The molecule has 1 spiro atoms. The van der Waals surface area contributed by atoms with Gasteiger partial charge in [0.15, 0.2) is 5.54 Å². The predicted octanol–water partition coefficient (Wildman–Crippen LogP) is 4.64. The van der Waals surface area contributed by atoms with Gasteiger partial charge in [-0.05, 0) is 51.0 Å². The molecule has 7 heteroatoms. The van der Waals surface area contributed by atoms with Crippen LogP contribution in [0.1, 0.15) is 45.2 Å². The van der Waals surface area contributed by atoms with Gasteiger partial charge in [0, 0.05) is 23.3 Å². The maximum Gasteiger partial charge on any atom is 0.418 e. The number of benzene rings is 2. The highest BCUT2D eigenvalue weighted by Crippen LogP contribution is 2.64. The molecule has 2 atom stereocenters. The maximum absolute atomic E-state index is 13.9. The van der Waals surface area contributed by atoms with Gasteiger partial charge in [0.05, 0.1) is 0 Å². The summed E-state index contributed by atoms with van der Waals surface area (Å²) in [5.41, 5.74) is -1.84. The van der Waals surface area contributed by atoms with Crippen LogP contribution in [0.15, 0.2) is 48.5 Å². The molecule has 31 heavy (non-hydrogen) atoms. The van der Waals surface area contributed by atoms with Crippen molar-refractivity contribution in [2.75, 3.05) is 11.9 Å². The largest absolute Gasteiger partial charge is 0.443 e. The van der Waals surface area contributed by atoms with Gasteiger partial charge in [-0.25, -0.2) is 9.69 Å². The summed E-state index contributed by atoms with van der Waals surface area (Å²) in [7, 11) is 1.64. The third-order valence-electron chi connectivity index (χ3n) is 6.22. The number of hydrogen-bond donors (Lipinski definition) is 0. The Hall–Kier alpha value is -2.86. The molecule has 1 saturated heterocycles. The minimum absolute atomic E-state index is 0.320. The molecular formula is C24H25ClN2O4. The lowest BCUT2D eigenvalue weighted by molar-refractivity contribution is -0.181. The first kappa shape index (κ1) is 21.4. The number of halogens is 1. The van der Waals surface area contributed by atoms with Crippen LogP contribution in [0.25, 0.3) is 0 Å². The SMILES string of the molecule is CC[C@@]1(c2ccccc2)C(=O)N(C(=O)OC(C)(C)C)[C@]12C(=O)N(C)c1ccc(Cl)cc12. The van der Waals surface area contributed by atoms with Crippen molar-refractivity contribution in [2.24, 2.45) is 0 Å². The van der Waals surface area contributed by atoms with E-state index in [1.54, 1.807) is 46.0 Å². The Bertz CT molecular complexity index is 1090. The predicted molar refractivity (Wildman–Crippen MR) is 118 cm³/mol. The molecule has 2 aliphatic rings. The molecule has 2 aromatic rings. The van der Waals surface area contributed by atoms with Crippen LogP contribution in [0.4, 0.5) is 10.5 Å². The van der Waals surface area contributed by atoms with E-state index in [0.717, 1.165) is 4.90 Å². The molecular weight excluding hydrogens is 416 g/mol. The Balaban J connectivity index is 2.04. The van der Waals surface area contributed by atoms with E-state index in [1.165, 1.54) is 4.90 Å². The topological polar surface area (TPSA) is 66.9 Å². The summed E-state index contributed by atoms with van der Waals surface area (Å²) in [6, 6.07) is 14.3. The molecule has 2 aromatic carbocycles. The number of nitrogens with zero attached hydrogens (tertiary/aromatic N) is 2. The van der Waals surface area contributed by atoms with Crippen LogP contribution in [-0.4, -0.2) is 35.5 Å². The fraction of sp³-hybridized carbons (Fsp3) is 0.375. The summed E-state index contributed by atoms with van der Waals surface area (Å²) in [4.78, 5) is 43.5. The molecule has 1 fully saturated rings. The monoisotopic (exact) mass is 440 g/mol. The van der Waals surface area contributed by atoms with Crippen LogP contribution in [0.2, 0.25) is 5.02 Å². The highest BCUT2D eigenvalue weighted by molar-refractivity contribution is 6.31. The van der Waals surface area contributed by atoms with Crippen molar-refractivity contribution >= 4 is 35.2 Å². The minimum atomic E-state index is -1.57. The molecule has 4 rings (SSSR count). The van der Waals surface area contributed by atoms with Crippen LogP contribution in [0.3, 0.4) is 0 Å². The Morgan fingerprint density at radius 3 is 2.29 bits per heavy atom. The van der Waals surface area contributed by atoms with Crippen molar-refractivity contribution in [3.8, 4) is 0 Å². The molecule has 6 nitrogen and oxygen atoms in total. The van der Waals surface area contributed by atoms with Crippen molar-refractivity contribution in [2.45, 2.75) is 50.7 Å². The average molecular weight is 441 g/mol. The molecule has 0 N–H and O–H groups in total. The summed E-state index contributed by atoms with van der Waals surface area (Å²) >= 11 is 6.33. The second-order valence-electron chi connectivity index (χ2n) is 8.98. The number of anilines is 1. The number of amides is 3. The number of likely N-dealkylation sites (N-methyl/N-ethyl adjacent to an activating group) is 1. The van der Waals surface area contributed by atoms with E-state index in [9.17, 15) is 14.4 Å². The fourth-order valence-corrected chi connectivity index (χ4v) is 5.19. The normalized spacial score (nSPS) is 25.0. The average Bonchev–Trinajstić information content (AvgIpc) is 2.91. The summed E-state index contributed by atoms with van der Waals surface area (Å²) in [6.07, 6.45) is -0.521. The number of β-lactam (4-membered cyclic amide) rings is 1. The van der Waals surface area contributed by atoms with Crippen molar-refractivity contribution < 1.29 is 19.1 Å². The smallest absolute Gasteiger partial charge is 0.418 e. The number of likely N-dealkylation sites (tertiary alicyclic amines) is 1. The Labute approximate surface area is 186 Å². The highest BCUT2D eigenvalue weighted by atomic mass is 35.5. The van der Waals surface area contributed by atoms with Crippen molar-refractivity contribution in [1.29, 1.82) is 0 Å². The van der Waals surface area contributed by atoms with Crippen LogP contribution in [0, 0.1) is 0 Å². The van der Waals surface area contributed by atoms with Gasteiger partial charge in [-0.15, -0.1) is 0 Å². The number of carbonyl (C=O) groups excluding carboxylic acids is 3.